The Bertz CT molecular complexity index is 855. The number of esters is 1. The second kappa shape index (κ2) is 8.71. The van der Waals surface area contributed by atoms with Gasteiger partial charge in [0.1, 0.15) is 0 Å². The summed E-state index contributed by atoms with van der Waals surface area (Å²) < 4.78 is 6.54. The van der Waals surface area contributed by atoms with Gasteiger partial charge in [-0.1, -0.05) is 24.3 Å². The molecular formula is C22H29N3O3. The smallest absolute Gasteiger partial charge is 0.330 e. The summed E-state index contributed by atoms with van der Waals surface area (Å²) in [5.74, 6) is -0.362. The van der Waals surface area contributed by atoms with E-state index >= 15 is 0 Å². The maximum absolute atomic E-state index is 11.2. The first-order chi connectivity index (χ1) is 13.4. The van der Waals surface area contributed by atoms with E-state index in [1.54, 1.807) is 6.08 Å². The number of aliphatic hydroxyl groups is 1. The van der Waals surface area contributed by atoms with Gasteiger partial charge in [0.2, 0.25) is 0 Å². The molecule has 0 unspecified atom stereocenters. The van der Waals surface area contributed by atoms with E-state index in [1.165, 1.54) is 30.0 Å². The summed E-state index contributed by atoms with van der Waals surface area (Å²) in [4.78, 5) is 13.6. The summed E-state index contributed by atoms with van der Waals surface area (Å²) in [6.45, 7) is 5.64. The molecule has 1 aromatic carbocycles. The molecule has 0 amide bonds. The predicted octanol–water partition coefficient (Wildman–Crippen LogP) is 2.40. The van der Waals surface area contributed by atoms with Crippen molar-refractivity contribution in [2.45, 2.75) is 45.4 Å². The number of benzene rings is 1. The van der Waals surface area contributed by atoms with Crippen LogP contribution in [0.5, 0.6) is 0 Å². The van der Waals surface area contributed by atoms with E-state index in [1.807, 2.05) is 23.9 Å². The lowest BCUT2D eigenvalue weighted by molar-refractivity contribution is -0.134. The van der Waals surface area contributed by atoms with Gasteiger partial charge in [0.05, 0.1) is 18.9 Å². The Labute approximate surface area is 166 Å². The van der Waals surface area contributed by atoms with Crippen molar-refractivity contribution in [3.8, 4) is 0 Å². The van der Waals surface area contributed by atoms with E-state index in [9.17, 15) is 9.90 Å². The molecule has 1 aliphatic heterocycles. The molecule has 2 atom stereocenters. The van der Waals surface area contributed by atoms with E-state index < -0.39 is 0 Å². The molecule has 6 heteroatoms. The van der Waals surface area contributed by atoms with Crippen molar-refractivity contribution in [2.24, 2.45) is 7.05 Å². The van der Waals surface area contributed by atoms with Crippen molar-refractivity contribution in [2.75, 3.05) is 13.7 Å². The minimum Gasteiger partial charge on any atom is -0.466 e. The predicted molar refractivity (Wildman–Crippen MR) is 109 cm³/mol. The van der Waals surface area contributed by atoms with Crippen LogP contribution in [0.3, 0.4) is 0 Å². The van der Waals surface area contributed by atoms with Gasteiger partial charge in [0.25, 0.3) is 0 Å². The van der Waals surface area contributed by atoms with Crippen LogP contribution in [-0.2, 0) is 29.5 Å². The number of rotatable bonds is 6. The van der Waals surface area contributed by atoms with E-state index in [-0.39, 0.29) is 12.1 Å². The zero-order valence-corrected chi connectivity index (χ0v) is 17.1. The Kier molecular flexibility index (Phi) is 6.31. The van der Waals surface area contributed by atoms with Gasteiger partial charge in [0.15, 0.2) is 0 Å². The largest absolute Gasteiger partial charge is 0.466 e. The van der Waals surface area contributed by atoms with Gasteiger partial charge in [-0.05, 0) is 49.5 Å². The van der Waals surface area contributed by atoms with Crippen molar-refractivity contribution in [1.29, 1.82) is 0 Å². The molecule has 2 aromatic rings. The van der Waals surface area contributed by atoms with Gasteiger partial charge in [-0.3, -0.25) is 9.58 Å². The van der Waals surface area contributed by atoms with Gasteiger partial charge in [-0.25, -0.2) is 4.79 Å². The number of β-amino-alcohol motifs (C(OH)–C–C–N with tert-alkyl or cyclic N) is 1. The summed E-state index contributed by atoms with van der Waals surface area (Å²) in [7, 11) is 3.34. The van der Waals surface area contributed by atoms with Crippen LogP contribution >= 0.6 is 0 Å². The molecule has 1 N–H and O–H groups in total. The summed E-state index contributed by atoms with van der Waals surface area (Å²) in [6.07, 6.45) is 4.56. The lowest BCUT2D eigenvalue weighted by Crippen LogP contribution is -2.31. The third-order valence-corrected chi connectivity index (χ3v) is 5.58. The SMILES string of the molecule is COC(=O)C=Cc1ccc(CN2C[C@@H](O)C[C@@H]2Cc2c(C)nn(C)c2C)cc1. The monoisotopic (exact) mass is 383 g/mol. The number of carbonyl (C=O) groups is 1. The molecule has 1 fully saturated rings. The lowest BCUT2D eigenvalue weighted by atomic mass is 10.0. The molecule has 1 saturated heterocycles. The number of nitrogens with zero attached hydrogens (tertiary/aromatic N) is 3. The first-order valence-corrected chi connectivity index (χ1v) is 9.63. The second-order valence-corrected chi connectivity index (χ2v) is 7.55. The molecule has 6 nitrogen and oxygen atoms in total. The van der Waals surface area contributed by atoms with E-state index in [4.69, 9.17) is 0 Å². The quantitative estimate of drug-likeness (QED) is 0.613. The Morgan fingerprint density at radius 1 is 1.32 bits per heavy atom. The van der Waals surface area contributed by atoms with Crippen LogP contribution in [0.4, 0.5) is 0 Å². The molecule has 0 bridgehead atoms. The number of methoxy groups -OCH3 is 1. The number of carbonyl (C=O) groups excluding carboxylic acids is 1. The Hall–Kier alpha value is -2.44. The molecule has 150 valence electrons. The number of hydrogen-bond acceptors (Lipinski definition) is 5. The molecule has 1 aromatic heterocycles. The fraction of sp³-hybridized carbons (Fsp3) is 0.455. The van der Waals surface area contributed by atoms with Crippen LogP contribution in [0, 0.1) is 13.8 Å². The van der Waals surface area contributed by atoms with E-state index in [0.29, 0.717) is 12.6 Å². The van der Waals surface area contributed by atoms with Crippen molar-refractivity contribution >= 4 is 12.0 Å². The number of aliphatic hydroxyl groups excluding tert-OH is 1. The molecule has 0 radical (unpaired) electrons. The van der Waals surface area contributed by atoms with Crippen LogP contribution in [0.15, 0.2) is 30.3 Å². The number of aromatic nitrogens is 2. The van der Waals surface area contributed by atoms with Crippen LogP contribution < -0.4 is 0 Å². The van der Waals surface area contributed by atoms with Crippen LogP contribution in [0.1, 0.15) is 34.5 Å². The molecule has 3 rings (SSSR count). The van der Waals surface area contributed by atoms with E-state index in [0.717, 1.165) is 30.6 Å². The second-order valence-electron chi connectivity index (χ2n) is 7.55. The van der Waals surface area contributed by atoms with Crippen LogP contribution in [0.25, 0.3) is 6.08 Å². The maximum Gasteiger partial charge on any atom is 0.330 e. The standard InChI is InChI=1S/C22H29N3O3/c1-15-21(16(2)24(3)23-15)12-19-11-20(26)14-25(19)13-18-7-5-17(6-8-18)9-10-22(27)28-4/h5-10,19-20,26H,11-14H2,1-4H3/t19-,20+/m1/s1. The van der Waals surface area contributed by atoms with Crippen molar-refractivity contribution in [3.63, 3.8) is 0 Å². The molecule has 0 spiro atoms. The number of ether oxygens (including phenoxy) is 1. The average molecular weight is 383 g/mol. The summed E-state index contributed by atoms with van der Waals surface area (Å²) in [5.41, 5.74) is 5.70. The van der Waals surface area contributed by atoms with Gasteiger partial charge >= 0.3 is 5.97 Å². The molecule has 2 heterocycles. The Balaban J connectivity index is 1.68. The highest BCUT2D eigenvalue weighted by Crippen LogP contribution is 2.26. The minimum absolute atomic E-state index is 0.287. The molecule has 0 aliphatic carbocycles. The van der Waals surface area contributed by atoms with Gasteiger partial charge in [0, 0.05) is 37.9 Å². The molecule has 0 saturated carbocycles. The fourth-order valence-electron chi connectivity index (χ4n) is 3.91. The summed E-state index contributed by atoms with van der Waals surface area (Å²) in [6, 6.07) is 8.42. The Morgan fingerprint density at radius 3 is 2.64 bits per heavy atom. The zero-order chi connectivity index (χ0) is 20.3. The number of aryl methyl sites for hydroxylation is 2. The number of hydrogen-bond donors (Lipinski definition) is 1. The lowest BCUT2D eigenvalue weighted by Gasteiger charge is -2.24. The Morgan fingerprint density at radius 2 is 2.04 bits per heavy atom. The van der Waals surface area contributed by atoms with E-state index in [2.05, 4.69) is 40.7 Å². The third-order valence-electron chi connectivity index (χ3n) is 5.58. The molecular weight excluding hydrogens is 354 g/mol. The molecule has 28 heavy (non-hydrogen) atoms. The van der Waals surface area contributed by atoms with Crippen molar-refractivity contribution in [3.05, 3.63) is 58.4 Å². The summed E-state index contributed by atoms with van der Waals surface area (Å²) >= 11 is 0. The fourth-order valence-corrected chi connectivity index (χ4v) is 3.91. The van der Waals surface area contributed by atoms with Crippen LogP contribution in [0.2, 0.25) is 0 Å². The van der Waals surface area contributed by atoms with Gasteiger partial charge < -0.3 is 9.84 Å². The third kappa shape index (κ3) is 4.69. The highest BCUT2D eigenvalue weighted by atomic mass is 16.5. The van der Waals surface area contributed by atoms with Crippen molar-refractivity contribution < 1.29 is 14.6 Å². The highest BCUT2D eigenvalue weighted by molar-refractivity contribution is 5.86. The first kappa shape index (κ1) is 20.3. The summed E-state index contributed by atoms with van der Waals surface area (Å²) in [5, 5.41) is 14.8. The maximum atomic E-state index is 11.2. The van der Waals surface area contributed by atoms with Crippen molar-refractivity contribution in [1.82, 2.24) is 14.7 Å². The zero-order valence-electron chi connectivity index (χ0n) is 17.1. The normalized spacial score (nSPS) is 20.2. The van der Waals surface area contributed by atoms with Gasteiger partial charge in [-0.2, -0.15) is 5.10 Å². The number of likely N-dealkylation sites (tertiary alicyclic amines) is 1. The first-order valence-electron chi connectivity index (χ1n) is 9.63. The van der Waals surface area contributed by atoms with Gasteiger partial charge in [-0.15, -0.1) is 0 Å². The topological polar surface area (TPSA) is 67.6 Å². The highest BCUT2D eigenvalue weighted by Gasteiger charge is 2.32. The average Bonchev–Trinajstić information content (AvgIpc) is 3.14. The van der Waals surface area contributed by atoms with Crippen LogP contribution in [-0.4, -0.2) is 51.6 Å². The minimum atomic E-state index is -0.362. The molecule has 1 aliphatic rings.